The van der Waals surface area contributed by atoms with Gasteiger partial charge in [-0.15, -0.1) is 0 Å². The Hall–Kier alpha value is -0.110. The summed E-state index contributed by atoms with van der Waals surface area (Å²) in [5, 5.41) is 4.88. The van der Waals surface area contributed by atoms with Crippen molar-refractivity contribution in [2.75, 3.05) is 11.9 Å². The second-order valence-electron chi connectivity index (χ2n) is 4.21. The van der Waals surface area contributed by atoms with Crippen LogP contribution in [0.25, 0.3) is 0 Å². The van der Waals surface area contributed by atoms with Gasteiger partial charge in [0.2, 0.25) is 0 Å². The van der Waals surface area contributed by atoms with Gasteiger partial charge in [-0.25, -0.2) is 0 Å². The van der Waals surface area contributed by atoms with Gasteiger partial charge in [0.25, 0.3) is 0 Å². The van der Waals surface area contributed by atoms with Crippen LogP contribution in [0, 0.1) is 5.92 Å². The quantitative estimate of drug-likeness (QED) is 0.555. The predicted octanol–water partition coefficient (Wildman–Crippen LogP) is 5.49. The van der Waals surface area contributed by atoms with Crippen LogP contribution >= 0.6 is 34.8 Å². The number of hydrogen-bond acceptors (Lipinski definition) is 1. The normalized spacial score (nSPS) is 10.9. The molecule has 1 rings (SSSR count). The zero-order valence-electron chi connectivity index (χ0n) is 9.49. The molecule has 0 amide bonds. The molecule has 4 heteroatoms. The lowest BCUT2D eigenvalue weighted by molar-refractivity contribution is 0.567. The van der Waals surface area contributed by atoms with Crippen LogP contribution in [0.3, 0.4) is 0 Å². The third kappa shape index (κ3) is 4.40. The third-order valence-corrected chi connectivity index (χ3v) is 3.32. The smallest absolute Gasteiger partial charge is 0.0653 e. The van der Waals surface area contributed by atoms with E-state index in [9.17, 15) is 0 Å². The molecule has 1 nitrogen and oxygen atoms in total. The third-order valence-electron chi connectivity index (χ3n) is 2.28. The van der Waals surface area contributed by atoms with E-state index in [-0.39, 0.29) is 0 Å². The number of nitrogens with one attached hydrogen (secondary N) is 1. The second-order valence-corrected chi connectivity index (χ2v) is 5.43. The van der Waals surface area contributed by atoms with Gasteiger partial charge in [-0.2, -0.15) is 0 Å². The summed E-state index contributed by atoms with van der Waals surface area (Å²) in [7, 11) is 0. The highest BCUT2D eigenvalue weighted by Gasteiger charge is 2.05. The maximum Gasteiger partial charge on any atom is 0.0653 e. The van der Waals surface area contributed by atoms with Crippen molar-refractivity contribution in [3.8, 4) is 0 Å². The fraction of sp³-hybridized carbons (Fsp3) is 0.500. The molecule has 0 atom stereocenters. The van der Waals surface area contributed by atoms with Crippen molar-refractivity contribution in [2.45, 2.75) is 26.7 Å². The molecule has 1 aromatic carbocycles. The summed E-state index contributed by atoms with van der Waals surface area (Å²) >= 11 is 17.8. The number of anilines is 1. The van der Waals surface area contributed by atoms with Crippen LogP contribution in [0.2, 0.25) is 15.1 Å². The minimum absolute atomic E-state index is 0.486. The minimum Gasteiger partial charge on any atom is -0.384 e. The fourth-order valence-corrected chi connectivity index (χ4v) is 2.01. The SMILES string of the molecule is CC(C)CCCNc1cc(Cl)c(Cl)cc1Cl. The highest BCUT2D eigenvalue weighted by molar-refractivity contribution is 6.44. The van der Waals surface area contributed by atoms with Crippen molar-refractivity contribution in [1.82, 2.24) is 0 Å². The Labute approximate surface area is 112 Å². The first-order valence-corrected chi connectivity index (χ1v) is 6.52. The van der Waals surface area contributed by atoms with E-state index in [1.807, 2.05) is 0 Å². The van der Waals surface area contributed by atoms with Gasteiger partial charge < -0.3 is 5.32 Å². The molecule has 90 valence electrons. The average molecular weight is 281 g/mol. The van der Waals surface area contributed by atoms with Gasteiger partial charge in [0.05, 0.1) is 20.8 Å². The summed E-state index contributed by atoms with van der Waals surface area (Å²) in [6.45, 7) is 5.33. The molecular weight excluding hydrogens is 264 g/mol. The highest BCUT2D eigenvalue weighted by Crippen LogP contribution is 2.32. The summed E-state index contributed by atoms with van der Waals surface area (Å²) in [5.41, 5.74) is 0.847. The molecule has 0 radical (unpaired) electrons. The number of halogens is 3. The van der Waals surface area contributed by atoms with E-state index in [4.69, 9.17) is 34.8 Å². The molecule has 0 spiro atoms. The van der Waals surface area contributed by atoms with Crippen molar-refractivity contribution in [3.05, 3.63) is 27.2 Å². The van der Waals surface area contributed by atoms with Crippen molar-refractivity contribution in [3.63, 3.8) is 0 Å². The summed E-state index contributed by atoms with van der Waals surface area (Å²) in [5.74, 6) is 0.728. The van der Waals surface area contributed by atoms with Crippen LogP contribution in [-0.2, 0) is 0 Å². The van der Waals surface area contributed by atoms with Gasteiger partial charge in [0.15, 0.2) is 0 Å². The van der Waals surface area contributed by atoms with E-state index in [0.29, 0.717) is 15.1 Å². The second kappa shape index (κ2) is 6.58. The molecule has 0 saturated heterocycles. The van der Waals surface area contributed by atoms with Crippen molar-refractivity contribution < 1.29 is 0 Å². The lowest BCUT2D eigenvalue weighted by Crippen LogP contribution is -2.03. The molecule has 16 heavy (non-hydrogen) atoms. The van der Waals surface area contributed by atoms with Crippen LogP contribution in [0.4, 0.5) is 5.69 Å². The van der Waals surface area contributed by atoms with Gasteiger partial charge >= 0.3 is 0 Å². The summed E-state index contributed by atoms with van der Waals surface area (Å²) < 4.78 is 0. The Morgan fingerprint density at radius 1 is 1.06 bits per heavy atom. The van der Waals surface area contributed by atoms with E-state index in [0.717, 1.165) is 24.6 Å². The molecule has 0 fully saturated rings. The maximum absolute atomic E-state index is 6.04. The molecule has 0 aromatic heterocycles. The molecule has 0 saturated carbocycles. The zero-order valence-corrected chi connectivity index (χ0v) is 11.8. The van der Waals surface area contributed by atoms with E-state index < -0.39 is 0 Å². The average Bonchev–Trinajstić information content (AvgIpc) is 2.19. The molecule has 0 heterocycles. The predicted molar refractivity (Wildman–Crippen MR) is 74.0 cm³/mol. The number of benzene rings is 1. The van der Waals surface area contributed by atoms with Crippen molar-refractivity contribution in [2.24, 2.45) is 5.92 Å². The summed E-state index contributed by atoms with van der Waals surface area (Å²) in [4.78, 5) is 0. The molecule has 1 aromatic rings. The van der Waals surface area contributed by atoms with Crippen LogP contribution in [0.15, 0.2) is 12.1 Å². The summed E-state index contributed by atoms with van der Waals surface area (Å²) in [6, 6.07) is 3.43. The molecule has 0 bridgehead atoms. The minimum atomic E-state index is 0.486. The summed E-state index contributed by atoms with van der Waals surface area (Å²) in [6.07, 6.45) is 2.32. The van der Waals surface area contributed by atoms with E-state index in [2.05, 4.69) is 19.2 Å². The molecule has 0 aliphatic heterocycles. The van der Waals surface area contributed by atoms with E-state index >= 15 is 0 Å². The molecule has 0 aliphatic carbocycles. The molecular formula is C12H16Cl3N. The Balaban J connectivity index is 2.51. The van der Waals surface area contributed by atoms with Crippen molar-refractivity contribution in [1.29, 1.82) is 0 Å². The Kier molecular flexibility index (Phi) is 5.74. The Bertz CT molecular complexity index is 350. The standard InChI is InChI=1S/C12H16Cl3N/c1-8(2)4-3-5-16-12-7-10(14)9(13)6-11(12)15/h6-8,16H,3-5H2,1-2H3. The lowest BCUT2D eigenvalue weighted by atomic mass is 10.1. The first-order chi connectivity index (χ1) is 7.50. The monoisotopic (exact) mass is 279 g/mol. The van der Waals surface area contributed by atoms with Crippen molar-refractivity contribution >= 4 is 40.5 Å². The van der Waals surface area contributed by atoms with Gasteiger partial charge in [-0.3, -0.25) is 0 Å². The van der Waals surface area contributed by atoms with Gasteiger partial charge in [0.1, 0.15) is 0 Å². The van der Waals surface area contributed by atoms with E-state index in [1.165, 1.54) is 6.42 Å². The zero-order chi connectivity index (χ0) is 12.1. The first kappa shape index (κ1) is 14.0. The lowest BCUT2D eigenvalue weighted by Gasteiger charge is -2.10. The molecule has 1 N–H and O–H groups in total. The first-order valence-electron chi connectivity index (χ1n) is 5.39. The van der Waals surface area contributed by atoms with Gasteiger partial charge in [0, 0.05) is 6.54 Å². The van der Waals surface area contributed by atoms with E-state index in [1.54, 1.807) is 12.1 Å². The number of hydrogen-bond donors (Lipinski definition) is 1. The van der Waals surface area contributed by atoms with Crippen LogP contribution < -0.4 is 5.32 Å². The number of rotatable bonds is 5. The maximum atomic E-state index is 6.04. The van der Waals surface area contributed by atoms with Crippen LogP contribution in [0.1, 0.15) is 26.7 Å². The highest BCUT2D eigenvalue weighted by atomic mass is 35.5. The molecule has 0 aliphatic rings. The van der Waals surface area contributed by atoms with Crippen LogP contribution in [0.5, 0.6) is 0 Å². The molecule has 0 unspecified atom stereocenters. The fourth-order valence-electron chi connectivity index (χ4n) is 1.39. The van der Waals surface area contributed by atoms with Gasteiger partial charge in [-0.05, 0) is 30.9 Å². The Morgan fingerprint density at radius 2 is 1.69 bits per heavy atom. The largest absolute Gasteiger partial charge is 0.384 e. The van der Waals surface area contributed by atoms with Crippen LogP contribution in [-0.4, -0.2) is 6.54 Å². The Morgan fingerprint density at radius 3 is 2.31 bits per heavy atom. The van der Waals surface area contributed by atoms with Gasteiger partial charge in [-0.1, -0.05) is 48.7 Å². The topological polar surface area (TPSA) is 12.0 Å².